The number of primary amides is 1. The minimum atomic E-state index is -0.713. The van der Waals surface area contributed by atoms with Gasteiger partial charge < -0.3 is 15.4 Å². The lowest BCUT2D eigenvalue weighted by atomic mass is 9.98. The van der Waals surface area contributed by atoms with Crippen LogP contribution in [0.25, 0.3) is 0 Å². The highest BCUT2D eigenvalue weighted by atomic mass is 16.6. The molecule has 1 aliphatic heterocycles. The van der Waals surface area contributed by atoms with Crippen molar-refractivity contribution in [1.82, 2.24) is 0 Å². The van der Waals surface area contributed by atoms with Crippen LogP contribution >= 0.6 is 0 Å². The van der Waals surface area contributed by atoms with Crippen LogP contribution in [0.2, 0.25) is 0 Å². The first-order valence-corrected chi connectivity index (χ1v) is 6.85. The number of rotatable bonds is 4. The second-order valence-electron chi connectivity index (χ2n) is 5.34. The van der Waals surface area contributed by atoms with Gasteiger partial charge in [0, 0.05) is 24.7 Å². The smallest absolute Gasteiger partial charge is 0.297 e. The molecule has 2 rings (SSSR count). The number of benzene rings is 1. The Morgan fingerprint density at radius 2 is 2.05 bits per heavy atom. The van der Waals surface area contributed by atoms with Gasteiger partial charge in [-0.05, 0) is 24.8 Å². The third-order valence-corrected chi connectivity index (χ3v) is 3.86. The van der Waals surface area contributed by atoms with E-state index in [4.69, 9.17) is 10.5 Å². The van der Waals surface area contributed by atoms with Crippen LogP contribution in [0.15, 0.2) is 12.1 Å². The molecule has 0 bridgehead atoms. The van der Waals surface area contributed by atoms with Crippen LogP contribution in [0.3, 0.4) is 0 Å². The van der Waals surface area contributed by atoms with Gasteiger partial charge in [0.15, 0.2) is 5.69 Å². The highest BCUT2D eigenvalue weighted by Crippen LogP contribution is 2.40. The number of hydrogen-bond donors (Lipinski definition) is 1. The van der Waals surface area contributed by atoms with E-state index in [1.54, 1.807) is 0 Å². The molecule has 1 saturated heterocycles. The Balaban J connectivity index is 2.51. The third-order valence-electron chi connectivity index (χ3n) is 3.86. The fourth-order valence-electron chi connectivity index (χ4n) is 2.58. The highest BCUT2D eigenvalue weighted by Gasteiger charge is 2.28. The number of amides is 1. The number of nitro groups is 1. The van der Waals surface area contributed by atoms with E-state index in [1.807, 2.05) is 4.90 Å². The molecule has 0 aliphatic carbocycles. The molecule has 7 nitrogen and oxygen atoms in total. The van der Waals surface area contributed by atoms with E-state index >= 15 is 0 Å². The number of hydrogen-bond acceptors (Lipinski definition) is 5. The van der Waals surface area contributed by atoms with E-state index in [0.29, 0.717) is 17.4 Å². The summed E-state index contributed by atoms with van der Waals surface area (Å²) in [6, 6.07) is 2.68. The fourth-order valence-corrected chi connectivity index (χ4v) is 2.58. The van der Waals surface area contributed by atoms with E-state index in [0.717, 1.165) is 25.9 Å². The summed E-state index contributed by atoms with van der Waals surface area (Å²) in [5.74, 6) is 0.207. The van der Waals surface area contributed by atoms with Crippen molar-refractivity contribution in [2.24, 2.45) is 11.7 Å². The molecule has 0 spiro atoms. The molecule has 21 heavy (non-hydrogen) atoms. The molecule has 114 valence electrons. The number of nitrogens with two attached hydrogens (primary N) is 1. The Bertz CT molecular complexity index is 566. The van der Waals surface area contributed by atoms with Crippen LogP contribution in [0.1, 0.15) is 30.1 Å². The van der Waals surface area contributed by atoms with Gasteiger partial charge in [-0.2, -0.15) is 0 Å². The molecular weight excluding hydrogens is 274 g/mol. The zero-order chi connectivity index (χ0) is 15.6. The highest BCUT2D eigenvalue weighted by molar-refractivity contribution is 5.95. The van der Waals surface area contributed by atoms with Gasteiger partial charge in [0.2, 0.25) is 5.91 Å². The predicted octanol–water partition coefficient (Wildman–Crippen LogP) is 1.94. The molecule has 2 N–H and O–H groups in total. The topological polar surface area (TPSA) is 98.7 Å². The lowest BCUT2D eigenvalue weighted by Gasteiger charge is -2.32. The first-order chi connectivity index (χ1) is 9.93. The van der Waals surface area contributed by atoms with E-state index < -0.39 is 10.8 Å². The van der Waals surface area contributed by atoms with Crippen molar-refractivity contribution in [2.75, 3.05) is 25.1 Å². The number of nitrogens with zero attached hydrogens (tertiary/aromatic N) is 2. The summed E-state index contributed by atoms with van der Waals surface area (Å²) in [6.07, 6.45) is 1.94. The van der Waals surface area contributed by atoms with Crippen molar-refractivity contribution >= 4 is 17.3 Å². The minimum Gasteiger partial charge on any atom is -0.494 e. The van der Waals surface area contributed by atoms with Crippen molar-refractivity contribution in [2.45, 2.75) is 19.8 Å². The van der Waals surface area contributed by atoms with Gasteiger partial charge in [0.05, 0.1) is 12.0 Å². The van der Waals surface area contributed by atoms with Crippen LogP contribution in [-0.4, -0.2) is 31.0 Å². The average molecular weight is 293 g/mol. The van der Waals surface area contributed by atoms with E-state index in [1.165, 1.54) is 19.2 Å². The maximum absolute atomic E-state index is 11.3. The van der Waals surface area contributed by atoms with E-state index in [9.17, 15) is 14.9 Å². The van der Waals surface area contributed by atoms with Crippen molar-refractivity contribution < 1.29 is 14.5 Å². The SMILES string of the molecule is COc1cc(C(N)=O)cc([N+](=O)[O-])c1N1CCC(C)CC1. The average Bonchev–Trinajstić information content (AvgIpc) is 2.46. The van der Waals surface area contributed by atoms with Crippen molar-refractivity contribution in [3.63, 3.8) is 0 Å². The summed E-state index contributed by atoms with van der Waals surface area (Å²) in [5.41, 5.74) is 5.59. The predicted molar refractivity (Wildman–Crippen MR) is 78.8 cm³/mol. The second-order valence-corrected chi connectivity index (χ2v) is 5.34. The van der Waals surface area contributed by atoms with Gasteiger partial charge in [0.25, 0.3) is 5.69 Å². The molecule has 7 heteroatoms. The Hall–Kier alpha value is -2.31. The van der Waals surface area contributed by atoms with Crippen LogP contribution in [0.5, 0.6) is 5.75 Å². The fraction of sp³-hybridized carbons (Fsp3) is 0.500. The summed E-state index contributed by atoms with van der Waals surface area (Å²) in [4.78, 5) is 24.1. The molecule has 1 fully saturated rings. The van der Waals surface area contributed by atoms with E-state index in [2.05, 4.69) is 6.92 Å². The van der Waals surface area contributed by atoms with Crippen molar-refractivity contribution in [1.29, 1.82) is 0 Å². The number of carbonyl (C=O) groups excluding carboxylic acids is 1. The number of methoxy groups -OCH3 is 1. The van der Waals surface area contributed by atoms with E-state index in [-0.39, 0.29) is 11.3 Å². The molecule has 0 unspecified atom stereocenters. The standard InChI is InChI=1S/C14H19N3O4/c1-9-3-5-16(6-4-9)13-11(17(19)20)7-10(14(15)18)8-12(13)21-2/h7-9H,3-6H2,1-2H3,(H2,15,18). The van der Waals surface area contributed by atoms with Crippen LogP contribution < -0.4 is 15.4 Å². The molecule has 0 atom stereocenters. The zero-order valence-corrected chi connectivity index (χ0v) is 12.2. The minimum absolute atomic E-state index is 0.0766. The van der Waals surface area contributed by atoms with Gasteiger partial charge in [-0.15, -0.1) is 0 Å². The van der Waals surface area contributed by atoms with Gasteiger partial charge >= 0.3 is 0 Å². The number of nitro benzene ring substituents is 1. The van der Waals surface area contributed by atoms with Gasteiger partial charge in [-0.25, -0.2) is 0 Å². The van der Waals surface area contributed by atoms with Crippen molar-refractivity contribution in [3.05, 3.63) is 27.8 Å². The molecular formula is C14H19N3O4. The molecule has 1 aliphatic rings. The Kier molecular flexibility index (Phi) is 4.30. The third kappa shape index (κ3) is 3.07. The molecule has 1 amide bonds. The monoisotopic (exact) mass is 293 g/mol. The molecule has 1 aromatic carbocycles. The van der Waals surface area contributed by atoms with Crippen LogP contribution in [-0.2, 0) is 0 Å². The number of piperidine rings is 1. The number of ether oxygens (including phenoxy) is 1. The van der Waals surface area contributed by atoms with Crippen LogP contribution in [0, 0.1) is 16.0 Å². The summed E-state index contributed by atoms with van der Waals surface area (Å²) in [6.45, 7) is 3.63. The quantitative estimate of drug-likeness (QED) is 0.675. The number of anilines is 1. The normalized spacial score (nSPS) is 15.8. The Labute approximate surface area is 122 Å². The lowest BCUT2D eigenvalue weighted by molar-refractivity contribution is -0.384. The molecule has 1 aromatic rings. The Morgan fingerprint density at radius 1 is 1.43 bits per heavy atom. The molecule has 0 aromatic heterocycles. The number of carbonyl (C=O) groups is 1. The van der Waals surface area contributed by atoms with Gasteiger partial charge in [-0.1, -0.05) is 6.92 Å². The first kappa shape index (κ1) is 15.1. The summed E-state index contributed by atoms with van der Waals surface area (Å²) < 4.78 is 5.25. The maximum atomic E-state index is 11.3. The Morgan fingerprint density at radius 3 is 2.52 bits per heavy atom. The summed E-state index contributed by atoms with van der Waals surface area (Å²) in [7, 11) is 1.43. The molecule has 0 saturated carbocycles. The van der Waals surface area contributed by atoms with Crippen molar-refractivity contribution in [3.8, 4) is 5.75 Å². The van der Waals surface area contributed by atoms with Gasteiger partial charge in [-0.3, -0.25) is 14.9 Å². The van der Waals surface area contributed by atoms with Gasteiger partial charge in [0.1, 0.15) is 5.75 Å². The zero-order valence-electron chi connectivity index (χ0n) is 12.2. The maximum Gasteiger partial charge on any atom is 0.297 e. The largest absolute Gasteiger partial charge is 0.494 e. The molecule has 1 heterocycles. The first-order valence-electron chi connectivity index (χ1n) is 6.85. The lowest BCUT2D eigenvalue weighted by Crippen LogP contribution is -2.33. The van der Waals surface area contributed by atoms with Crippen LogP contribution in [0.4, 0.5) is 11.4 Å². The summed E-state index contributed by atoms with van der Waals surface area (Å²) in [5, 5.41) is 11.3. The second kappa shape index (κ2) is 5.99. The summed E-state index contributed by atoms with van der Waals surface area (Å²) >= 11 is 0. The molecule has 0 radical (unpaired) electrons.